The number of methoxy groups -OCH3 is 1. The molecule has 3 fully saturated rings. The molecular weight excluding hydrogens is 302 g/mol. The van der Waals surface area contributed by atoms with Gasteiger partial charge in [0, 0.05) is 19.0 Å². The number of carbonyl (C=O) groups excluding carboxylic acids is 1. The summed E-state index contributed by atoms with van der Waals surface area (Å²) in [5.74, 6) is 2.50. The van der Waals surface area contributed by atoms with Crippen molar-refractivity contribution in [3.8, 4) is 11.5 Å². The van der Waals surface area contributed by atoms with Gasteiger partial charge in [-0.05, 0) is 42.5 Å². The molecule has 130 valence electrons. The van der Waals surface area contributed by atoms with E-state index in [0.29, 0.717) is 18.3 Å². The van der Waals surface area contributed by atoms with Crippen molar-refractivity contribution >= 4 is 11.9 Å². The summed E-state index contributed by atoms with van der Waals surface area (Å²) < 4.78 is 11.4. The van der Waals surface area contributed by atoms with E-state index in [4.69, 9.17) is 9.47 Å². The Morgan fingerprint density at radius 1 is 1.29 bits per heavy atom. The van der Waals surface area contributed by atoms with Gasteiger partial charge in [-0.1, -0.05) is 26.3 Å². The fourth-order valence-corrected chi connectivity index (χ4v) is 3.31. The summed E-state index contributed by atoms with van der Waals surface area (Å²) in [6, 6.07) is 5.88. The van der Waals surface area contributed by atoms with Gasteiger partial charge in [-0.2, -0.15) is 0 Å². The van der Waals surface area contributed by atoms with E-state index in [0.717, 1.165) is 55.1 Å². The Labute approximate surface area is 144 Å². The van der Waals surface area contributed by atoms with Crippen LogP contribution in [0.5, 0.6) is 11.5 Å². The summed E-state index contributed by atoms with van der Waals surface area (Å²) in [5.41, 5.74) is 1.85. The minimum absolute atomic E-state index is 0.223. The van der Waals surface area contributed by atoms with Crippen LogP contribution in [0, 0.1) is 11.8 Å². The highest BCUT2D eigenvalue weighted by atomic mass is 16.5. The predicted molar refractivity (Wildman–Crippen MR) is 95.2 cm³/mol. The molecule has 0 radical (unpaired) electrons. The van der Waals surface area contributed by atoms with Crippen LogP contribution >= 0.6 is 0 Å². The number of benzene rings is 1. The molecular formula is C20H27NO3. The molecule has 0 N–H and O–H groups in total. The van der Waals surface area contributed by atoms with Crippen molar-refractivity contribution < 1.29 is 14.3 Å². The van der Waals surface area contributed by atoms with Gasteiger partial charge in [0.15, 0.2) is 17.3 Å². The molecule has 2 bridgehead atoms. The molecule has 0 aromatic heterocycles. The standard InChI is InChI=1S/C20H27NO3/c1-4-14(2)13-24-19-12-15(5-6-18(19)23-3)11-17-20(22)16-7-9-21(17)10-8-16/h5-6,11-12,14,16H,4,7-10,13H2,1-3H3/b17-11-. The molecule has 3 saturated heterocycles. The monoisotopic (exact) mass is 329 g/mol. The summed E-state index contributed by atoms with van der Waals surface area (Å²) >= 11 is 0. The van der Waals surface area contributed by atoms with Crippen molar-refractivity contribution in [3.63, 3.8) is 0 Å². The molecule has 1 unspecified atom stereocenters. The Hall–Kier alpha value is -1.97. The summed E-state index contributed by atoms with van der Waals surface area (Å²) in [5, 5.41) is 0. The Morgan fingerprint density at radius 3 is 2.67 bits per heavy atom. The zero-order valence-electron chi connectivity index (χ0n) is 14.9. The first kappa shape index (κ1) is 16.9. The van der Waals surface area contributed by atoms with Crippen LogP contribution in [0.1, 0.15) is 38.7 Å². The molecule has 3 aliphatic heterocycles. The van der Waals surface area contributed by atoms with Crippen LogP contribution in [0.15, 0.2) is 23.9 Å². The van der Waals surface area contributed by atoms with E-state index in [-0.39, 0.29) is 5.92 Å². The third kappa shape index (κ3) is 3.42. The number of hydrogen-bond donors (Lipinski definition) is 0. The zero-order valence-corrected chi connectivity index (χ0v) is 14.9. The lowest BCUT2D eigenvalue weighted by atomic mass is 9.84. The first-order valence-electron chi connectivity index (χ1n) is 8.94. The number of rotatable bonds is 6. The topological polar surface area (TPSA) is 38.8 Å². The van der Waals surface area contributed by atoms with Crippen molar-refractivity contribution in [2.75, 3.05) is 26.8 Å². The number of hydrogen-bond acceptors (Lipinski definition) is 4. The van der Waals surface area contributed by atoms with Gasteiger partial charge in [-0.25, -0.2) is 0 Å². The highest BCUT2D eigenvalue weighted by Gasteiger charge is 2.36. The van der Waals surface area contributed by atoms with Crippen molar-refractivity contribution in [2.24, 2.45) is 11.8 Å². The van der Waals surface area contributed by atoms with Gasteiger partial charge in [0.25, 0.3) is 0 Å². The van der Waals surface area contributed by atoms with Crippen LogP contribution in [0.4, 0.5) is 0 Å². The van der Waals surface area contributed by atoms with E-state index in [1.807, 2.05) is 24.3 Å². The van der Waals surface area contributed by atoms with Crippen LogP contribution in [-0.4, -0.2) is 37.5 Å². The highest BCUT2D eigenvalue weighted by Crippen LogP contribution is 2.34. The number of fused-ring (bicyclic) bond motifs is 3. The van der Waals surface area contributed by atoms with E-state index in [1.54, 1.807) is 7.11 Å². The molecule has 1 atom stereocenters. The molecule has 4 nitrogen and oxygen atoms in total. The largest absolute Gasteiger partial charge is 0.493 e. The zero-order chi connectivity index (χ0) is 17.1. The highest BCUT2D eigenvalue weighted by molar-refractivity contribution is 6.01. The molecule has 0 amide bonds. The predicted octanol–water partition coefficient (Wildman–Crippen LogP) is 3.76. The number of allylic oxidation sites excluding steroid dienone is 1. The summed E-state index contributed by atoms with van der Waals surface area (Å²) in [6.07, 6.45) is 5.09. The average Bonchev–Trinajstić information content (AvgIpc) is 2.63. The molecule has 24 heavy (non-hydrogen) atoms. The second-order valence-corrected chi connectivity index (χ2v) is 6.89. The molecule has 4 rings (SSSR count). The van der Waals surface area contributed by atoms with Gasteiger partial charge in [-0.15, -0.1) is 0 Å². The van der Waals surface area contributed by atoms with Gasteiger partial charge in [0.05, 0.1) is 19.4 Å². The molecule has 3 heterocycles. The number of carbonyl (C=O) groups is 1. The van der Waals surface area contributed by atoms with Crippen LogP contribution in [0.2, 0.25) is 0 Å². The van der Waals surface area contributed by atoms with E-state index >= 15 is 0 Å². The first-order valence-corrected chi connectivity index (χ1v) is 8.94. The second-order valence-electron chi connectivity index (χ2n) is 6.89. The Balaban J connectivity index is 1.83. The second kappa shape index (κ2) is 7.29. The lowest BCUT2D eigenvalue weighted by molar-refractivity contribution is -0.125. The van der Waals surface area contributed by atoms with Crippen LogP contribution in [0.3, 0.4) is 0 Å². The van der Waals surface area contributed by atoms with Crippen LogP contribution in [-0.2, 0) is 4.79 Å². The molecule has 0 saturated carbocycles. The normalized spacial score (nSPS) is 20.5. The van der Waals surface area contributed by atoms with Crippen molar-refractivity contribution in [2.45, 2.75) is 33.1 Å². The Morgan fingerprint density at radius 2 is 2.04 bits per heavy atom. The maximum Gasteiger partial charge on any atom is 0.182 e. The van der Waals surface area contributed by atoms with E-state index in [1.165, 1.54) is 0 Å². The maximum atomic E-state index is 12.5. The third-order valence-corrected chi connectivity index (χ3v) is 5.17. The number of ketones is 1. The van der Waals surface area contributed by atoms with Crippen molar-refractivity contribution in [1.82, 2.24) is 4.90 Å². The maximum absolute atomic E-state index is 12.5. The fourth-order valence-electron chi connectivity index (χ4n) is 3.31. The first-order chi connectivity index (χ1) is 11.6. The SMILES string of the molecule is CCC(C)COc1cc(/C=C2/C(=O)C3CCN2CC3)ccc1OC. The quantitative estimate of drug-likeness (QED) is 0.745. The Bertz CT molecular complexity index is 630. The number of ether oxygens (including phenoxy) is 2. The van der Waals surface area contributed by atoms with Gasteiger partial charge in [0.2, 0.25) is 0 Å². The van der Waals surface area contributed by atoms with Gasteiger partial charge in [0.1, 0.15) is 0 Å². The summed E-state index contributed by atoms with van der Waals surface area (Å²) in [7, 11) is 1.65. The van der Waals surface area contributed by atoms with E-state index in [2.05, 4.69) is 18.7 Å². The average molecular weight is 329 g/mol. The molecule has 3 aliphatic rings. The molecule has 4 heteroatoms. The number of nitrogens with zero attached hydrogens (tertiary/aromatic N) is 1. The van der Waals surface area contributed by atoms with Crippen LogP contribution in [0.25, 0.3) is 6.08 Å². The smallest absolute Gasteiger partial charge is 0.182 e. The van der Waals surface area contributed by atoms with Crippen molar-refractivity contribution in [3.05, 3.63) is 29.5 Å². The minimum Gasteiger partial charge on any atom is -0.493 e. The van der Waals surface area contributed by atoms with Crippen LogP contribution < -0.4 is 9.47 Å². The number of piperidine rings is 3. The van der Waals surface area contributed by atoms with Gasteiger partial charge >= 0.3 is 0 Å². The molecule has 0 aliphatic carbocycles. The summed E-state index contributed by atoms with van der Waals surface area (Å²) in [4.78, 5) is 14.7. The molecule has 1 aromatic rings. The van der Waals surface area contributed by atoms with Crippen molar-refractivity contribution in [1.29, 1.82) is 0 Å². The third-order valence-electron chi connectivity index (χ3n) is 5.17. The summed E-state index contributed by atoms with van der Waals surface area (Å²) in [6.45, 7) is 6.98. The van der Waals surface area contributed by atoms with Gasteiger partial charge in [-0.3, -0.25) is 4.79 Å². The van der Waals surface area contributed by atoms with Gasteiger partial charge < -0.3 is 14.4 Å². The Kier molecular flexibility index (Phi) is 5.12. The lowest BCUT2D eigenvalue weighted by Gasteiger charge is -2.41. The lowest BCUT2D eigenvalue weighted by Crippen LogP contribution is -2.45. The van der Waals surface area contributed by atoms with E-state index in [9.17, 15) is 4.79 Å². The number of Topliss-reactive ketones (excluding diaryl/α,β-unsaturated/α-hetero) is 1. The fraction of sp³-hybridized carbons (Fsp3) is 0.550. The molecule has 0 spiro atoms. The minimum atomic E-state index is 0.223. The molecule has 1 aromatic carbocycles. The van der Waals surface area contributed by atoms with E-state index < -0.39 is 0 Å².